The van der Waals surface area contributed by atoms with E-state index in [-0.39, 0.29) is 0 Å². The first-order valence-corrected chi connectivity index (χ1v) is 4.35. The highest BCUT2D eigenvalue weighted by molar-refractivity contribution is 6.14. The Balaban J connectivity index is 3.10. The van der Waals surface area contributed by atoms with Crippen LogP contribution in [0.1, 0.15) is 5.56 Å². The molecule has 15 heavy (non-hydrogen) atoms. The third kappa shape index (κ3) is 2.95. The van der Waals surface area contributed by atoms with Gasteiger partial charge in [0.15, 0.2) is 12.6 Å². The number of carbonyl (C=O) groups is 2. The van der Waals surface area contributed by atoms with Crippen LogP contribution in [0.2, 0.25) is 0 Å². The van der Waals surface area contributed by atoms with Crippen LogP contribution in [0.25, 0.3) is 0 Å². The van der Waals surface area contributed by atoms with Crippen molar-refractivity contribution in [3.63, 3.8) is 0 Å². The van der Waals surface area contributed by atoms with Gasteiger partial charge in [0.2, 0.25) is 0 Å². The Bertz CT molecular complexity index is 386. The van der Waals surface area contributed by atoms with Gasteiger partial charge in [-0.25, -0.2) is 0 Å². The van der Waals surface area contributed by atoms with Gasteiger partial charge in [-0.15, -0.1) is 0 Å². The van der Waals surface area contributed by atoms with Gasteiger partial charge in [-0.1, -0.05) is 6.07 Å². The minimum absolute atomic E-state index is 0.612. The van der Waals surface area contributed by atoms with Crippen LogP contribution >= 0.6 is 0 Å². The third-order valence-corrected chi connectivity index (χ3v) is 1.83. The number of benzene rings is 1. The van der Waals surface area contributed by atoms with E-state index < -0.39 is 0 Å². The van der Waals surface area contributed by atoms with Gasteiger partial charge in [-0.2, -0.15) is 0 Å². The van der Waals surface area contributed by atoms with Crippen molar-refractivity contribution in [1.29, 1.82) is 0 Å². The maximum absolute atomic E-state index is 10.1. The van der Waals surface area contributed by atoms with Crippen molar-refractivity contribution in [1.82, 2.24) is 0 Å². The number of aliphatic imine (C=N–C) groups is 2. The fourth-order valence-electron chi connectivity index (χ4n) is 1.11. The molecule has 0 aromatic heterocycles. The summed E-state index contributed by atoms with van der Waals surface area (Å²) in [7, 11) is 0. The van der Waals surface area contributed by atoms with Gasteiger partial charge in [0.25, 0.3) is 0 Å². The second-order valence-electron chi connectivity index (χ2n) is 2.75. The molecule has 4 heteroatoms. The smallest absolute Gasteiger partial charge is 0.161 e. The molecule has 0 unspecified atom stereocenters. The summed E-state index contributed by atoms with van der Waals surface area (Å²) in [5.74, 6) is 0. The van der Waals surface area contributed by atoms with Crippen molar-refractivity contribution in [3.8, 4) is 0 Å². The third-order valence-electron chi connectivity index (χ3n) is 1.83. The molecule has 0 heterocycles. The zero-order valence-corrected chi connectivity index (χ0v) is 8.25. The number of hydrogen-bond acceptors (Lipinski definition) is 4. The van der Waals surface area contributed by atoms with E-state index in [1.165, 1.54) is 12.4 Å². The van der Waals surface area contributed by atoms with Crippen LogP contribution in [0.15, 0.2) is 28.2 Å². The molecular weight excluding hydrogens is 192 g/mol. The van der Waals surface area contributed by atoms with E-state index in [4.69, 9.17) is 0 Å². The van der Waals surface area contributed by atoms with Crippen LogP contribution in [0.3, 0.4) is 0 Å². The molecule has 76 valence electrons. The lowest BCUT2D eigenvalue weighted by atomic mass is 10.1. The topological polar surface area (TPSA) is 58.9 Å². The molecule has 0 aliphatic heterocycles. The maximum Gasteiger partial charge on any atom is 0.161 e. The lowest BCUT2D eigenvalue weighted by Crippen LogP contribution is -1.80. The molecule has 1 aromatic carbocycles. The highest BCUT2D eigenvalue weighted by atomic mass is 16.1. The van der Waals surface area contributed by atoms with E-state index in [1.807, 2.05) is 6.92 Å². The molecule has 0 saturated carbocycles. The highest BCUT2D eigenvalue weighted by Gasteiger charge is 1.99. The summed E-state index contributed by atoms with van der Waals surface area (Å²) in [6, 6.07) is 5.31. The van der Waals surface area contributed by atoms with Gasteiger partial charge in [0.05, 0.1) is 23.8 Å². The van der Waals surface area contributed by atoms with Crippen LogP contribution in [0.5, 0.6) is 0 Å². The summed E-state index contributed by atoms with van der Waals surface area (Å²) in [5.41, 5.74) is 2.17. The Labute approximate surface area is 87.4 Å². The molecular formula is C11H10N2O2. The molecule has 0 aliphatic rings. The molecule has 0 radical (unpaired) electrons. The monoisotopic (exact) mass is 202 g/mol. The fraction of sp³-hybridized carbons (Fsp3) is 0.0909. The molecule has 1 aromatic rings. The first-order chi connectivity index (χ1) is 7.29. The Kier molecular flexibility index (Phi) is 4.09. The first-order valence-electron chi connectivity index (χ1n) is 4.35. The molecule has 0 amide bonds. The predicted octanol–water partition coefficient (Wildman–Crippen LogP) is 1.80. The van der Waals surface area contributed by atoms with E-state index in [1.54, 1.807) is 18.2 Å². The van der Waals surface area contributed by atoms with Crippen LogP contribution in [-0.2, 0) is 9.59 Å². The molecule has 0 spiro atoms. The summed E-state index contributed by atoms with van der Waals surface area (Å²) in [5, 5.41) is 0. The quantitative estimate of drug-likeness (QED) is 0.552. The number of carbonyl (C=O) groups excluding carboxylic acids is 2. The second-order valence-corrected chi connectivity index (χ2v) is 2.75. The van der Waals surface area contributed by atoms with Crippen LogP contribution in [0, 0.1) is 6.92 Å². The summed E-state index contributed by atoms with van der Waals surface area (Å²) in [6.45, 7) is 1.83. The summed E-state index contributed by atoms with van der Waals surface area (Å²) in [6.07, 6.45) is 3.58. The predicted molar refractivity (Wildman–Crippen MR) is 59.6 cm³/mol. The standard InChI is InChI=1S/C11H10N2O2/c1-9-10(12-5-7-14)3-2-4-11(9)13-6-8-15/h2-8H,1H3. The van der Waals surface area contributed by atoms with Crippen molar-refractivity contribution >= 4 is 36.4 Å². The Morgan fingerprint density at radius 3 is 1.87 bits per heavy atom. The second kappa shape index (κ2) is 5.59. The van der Waals surface area contributed by atoms with Crippen molar-refractivity contribution in [2.24, 2.45) is 9.98 Å². The number of hydrogen-bond donors (Lipinski definition) is 0. The maximum atomic E-state index is 10.1. The van der Waals surface area contributed by atoms with Crippen molar-refractivity contribution < 1.29 is 9.59 Å². The normalized spacial score (nSPS) is 11.0. The van der Waals surface area contributed by atoms with Crippen LogP contribution < -0.4 is 0 Å². The Morgan fingerprint density at radius 2 is 1.47 bits per heavy atom. The van der Waals surface area contributed by atoms with Gasteiger partial charge >= 0.3 is 0 Å². The van der Waals surface area contributed by atoms with E-state index in [2.05, 4.69) is 9.98 Å². The largest absolute Gasteiger partial charge is 0.297 e. The lowest BCUT2D eigenvalue weighted by Gasteiger charge is -2.02. The zero-order chi connectivity index (χ0) is 11.1. The van der Waals surface area contributed by atoms with Gasteiger partial charge in [0, 0.05) is 5.56 Å². The van der Waals surface area contributed by atoms with E-state index >= 15 is 0 Å². The average molecular weight is 202 g/mol. The van der Waals surface area contributed by atoms with Crippen molar-refractivity contribution in [2.75, 3.05) is 0 Å². The van der Waals surface area contributed by atoms with Crippen molar-refractivity contribution in [3.05, 3.63) is 23.8 Å². The minimum atomic E-state index is 0.612. The van der Waals surface area contributed by atoms with Gasteiger partial charge in [-0.3, -0.25) is 19.6 Å². The molecule has 4 nitrogen and oxygen atoms in total. The highest BCUT2D eigenvalue weighted by Crippen LogP contribution is 2.27. The number of aldehydes is 2. The van der Waals surface area contributed by atoms with Gasteiger partial charge in [-0.05, 0) is 19.1 Å². The fourth-order valence-corrected chi connectivity index (χ4v) is 1.11. The van der Waals surface area contributed by atoms with Gasteiger partial charge < -0.3 is 0 Å². The van der Waals surface area contributed by atoms with Crippen LogP contribution in [0.4, 0.5) is 11.4 Å². The lowest BCUT2D eigenvalue weighted by molar-refractivity contribution is -0.103. The van der Waals surface area contributed by atoms with E-state index in [0.29, 0.717) is 23.9 Å². The SMILES string of the molecule is Cc1c(N=CC=O)cccc1N=CC=O. The summed E-state index contributed by atoms with van der Waals surface area (Å²) in [4.78, 5) is 28.1. The minimum Gasteiger partial charge on any atom is -0.297 e. The molecule has 0 fully saturated rings. The summed E-state index contributed by atoms with van der Waals surface area (Å²) >= 11 is 0. The molecule has 0 bridgehead atoms. The number of nitrogens with zero attached hydrogens (tertiary/aromatic N) is 2. The molecule has 0 saturated heterocycles. The van der Waals surface area contributed by atoms with E-state index in [9.17, 15) is 9.59 Å². The zero-order valence-electron chi connectivity index (χ0n) is 8.25. The van der Waals surface area contributed by atoms with E-state index in [0.717, 1.165) is 5.56 Å². The molecule has 0 atom stereocenters. The molecule has 0 N–H and O–H groups in total. The average Bonchev–Trinajstić information content (AvgIpc) is 2.26. The van der Waals surface area contributed by atoms with Crippen LogP contribution in [-0.4, -0.2) is 25.0 Å². The molecule has 1 rings (SSSR count). The van der Waals surface area contributed by atoms with Crippen molar-refractivity contribution in [2.45, 2.75) is 6.92 Å². The van der Waals surface area contributed by atoms with Gasteiger partial charge in [0.1, 0.15) is 0 Å². The molecule has 0 aliphatic carbocycles. The Morgan fingerprint density at radius 1 is 1.00 bits per heavy atom. The number of rotatable bonds is 4. The first kappa shape index (κ1) is 11.0. The Hall–Kier alpha value is -2.10. The summed E-state index contributed by atoms with van der Waals surface area (Å²) < 4.78 is 0.